The fraction of sp³-hybridized carbons (Fsp3) is 0.625. The largest absolute Gasteiger partial charge is 0.353 e. The highest BCUT2D eigenvalue weighted by Crippen LogP contribution is 2.23. The first kappa shape index (κ1) is 17.4. The summed E-state index contributed by atoms with van der Waals surface area (Å²) >= 11 is 0. The number of sulfonamides is 1. The van der Waals surface area contributed by atoms with Crippen LogP contribution >= 0.6 is 0 Å². The van der Waals surface area contributed by atoms with Crippen molar-refractivity contribution in [1.29, 1.82) is 0 Å². The van der Waals surface area contributed by atoms with Gasteiger partial charge in [-0.2, -0.15) is 0 Å². The maximum Gasteiger partial charge on any atom is 0.240 e. The molecule has 22 heavy (non-hydrogen) atoms. The Morgan fingerprint density at radius 1 is 1.14 bits per heavy atom. The number of hydrogen-bond donors (Lipinski definition) is 1. The lowest BCUT2D eigenvalue weighted by molar-refractivity contribution is -0.180. The number of hydrogen-bond acceptors (Lipinski definition) is 4. The third-order valence-corrected chi connectivity index (χ3v) is 5.08. The predicted molar refractivity (Wildman–Crippen MR) is 85.3 cm³/mol. The third kappa shape index (κ3) is 4.78. The van der Waals surface area contributed by atoms with Crippen LogP contribution < -0.4 is 4.72 Å². The van der Waals surface area contributed by atoms with E-state index in [-0.39, 0.29) is 16.6 Å². The molecule has 0 radical (unpaired) electrons. The summed E-state index contributed by atoms with van der Waals surface area (Å²) in [6.45, 7) is 7.93. The van der Waals surface area contributed by atoms with Gasteiger partial charge in [-0.25, -0.2) is 13.1 Å². The van der Waals surface area contributed by atoms with Crippen molar-refractivity contribution in [3.8, 4) is 0 Å². The molecule has 0 saturated carbocycles. The molecule has 1 aromatic carbocycles. The molecule has 1 aliphatic rings. The van der Waals surface area contributed by atoms with Crippen LogP contribution in [0.3, 0.4) is 0 Å². The van der Waals surface area contributed by atoms with Gasteiger partial charge in [0.2, 0.25) is 10.0 Å². The first-order valence-corrected chi connectivity index (χ1v) is 9.11. The van der Waals surface area contributed by atoms with E-state index in [1.807, 2.05) is 12.1 Å². The van der Waals surface area contributed by atoms with E-state index in [0.29, 0.717) is 26.2 Å². The van der Waals surface area contributed by atoms with Crippen molar-refractivity contribution in [3.05, 3.63) is 29.8 Å². The van der Waals surface area contributed by atoms with Crippen LogP contribution in [0.1, 0.15) is 39.2 Å². The normalized spacial score (nSPS) is 17.6. The predicted octanol–water partition coefficient (Wildman–Crippen LogP) is 2.42. The van der Waals surface area contributed by atoms with Gasteiger partial charge in [-0.3, -0.25) is 0 Å². The smallest absolute Gasteiger partial charge is 0.240 e. The van der Waals surface area contributed by atoms with Crippen LogP contribution in [0, 0.1) is 0 Å². The second-order valence-electron chi connectivity index (χ2n) is 6.49. The Hall–Kier alpha value is -0.950. The van der Waals surface area contributed by atoms with E-state index in [1.54, 1.807) is 12.1 Å². The minimum Gasteiger partial charge on any atom is -0.353 e. The van der Waals surface area contributed by atoms with Crippen LogP contribution in [0.15, 0.2) is 29.2 Å². The van der Waals surface area contributed by atoms with Gasteiger partial charge in [-0.1, -0.05) is 32.9 Å². The van der Waals surface area contributed by atoms with Gasteiger partial charge in [0.1, 0.15) is 0 Å². The van der Waals surface area contributed by atoms with Crippen molar-refractivity contribution in [2.24, 2.45) is 0 Å². The zero-order chi connectivity index (χ0) is 16.2. The van der Waals surface area contributed by atoms with E-state index >= 15 is 0 Å². The van der Waals surface area contributed by atoms with E-state index in [2.05, 4.69) is 25.5 Å². The number of rotatable bonds is 5. The van der Waals surface area contributed by atoms with Crippen molar-refractivity contribution in [1.82, 2.24) is 4.72 Å². The molecule has 0 spiro atoms. The van der Waals surface area contributed by atoms with Crippen LogP contribution in [0.2, 0.25) is 0 Å². The van der Waals surface area contributed by atoms with Crippen molar-refractivity contribution in [3.63, 3.8) is 0 Å². The van der Waals surface area contributed by atoms with E-state index in [1.165, 1.54) is 0 Å². The molecule has 0 aliphatic carbocycles. The molecule has 5 nitrogen and oxygen atoms in total. The molecule has 0 aromatic heterocycles. The molecule has 2 rings (SSSR count). The van der Waals surface area contributed by atoms with Crippen LogP contribution in [-0.4, -0.2) is 34.5 Å². The summed E-state index contributed by atoms with van der Waals surface area (Å²) in [4.78, 5) is 0.283. The van der Waals surface area contributed by atoms with Gasteiger partial charge in [0.25, 0.3) is 0 Å². The number of ether oxygens (including phenoxy) is 2. The van der Waals surface area contributed by atoms with Gasteiger partial charge in [-0.15, -0.1) is 0 Å². The van der Waals surface area contributed by atoms with E-state index < -0.39 is 10.0 Å². The standard InChI is InChI=1S/C16H25NO4S/c1-16(2,3)13-5-7-14(8-6-13)22(18,19)17-10-9-15-20-11-4-12-21-15/h5-8,15,17H,4,9-12H2,1-3H3. The second-order valence-corrected chi connectivity index (χ2v) is 8.25. The Balaban J connectivity index is 1.92. The fourth-order valence-corrected chi connectivity index (χ4v) is 3.28. The Labute approximate surface area is 133 Å². The summed E-state index contributed by atoms with van der Waals surface area (Å²) in [6, 6.07) is 7.02. The first-order chi connectivity index (χ1) is 10.3. The average Bonchev–Trinajstić information content (AvgIpc) is 2.47. The molecule has 1 fully saturated rings. The maximum absolute atomic E-state index is 12.2. The SMILES string of the molecule is CC(C)(C)c1ccc(S(=O)(=O)NCCC2OCCCO2)cc1. The quantitative estimate of drug-likeness (QED) is 0.902. The molecule has 0 atom stereocenters. The summed E-state index contributed by atoms with van der Waals surface area (Å²) in [7, 11) is -3.48. The summed E-state index contributed by atoms with van der Waals surface area (Å²) in [5.41, 5.74) is 1.11. The van der Waals surface area contributed by atoms with E-state index in [9.17, 15) is 8.42 Å². The molecule has 6 heteroatoms. The first-order valence-electron chi connectivity index (χ1n) is 7.62. The lowest BCUT2D eigenvalue weighted by atomic mass is 9.87. The topological polar surface area (TPSA) is 64.6 Å². The lowest BCUT2D eigenvalue weighted by Crippen LogP contribution is -2.31. The van der Waals surface area contributed by atoms with Gasteiger partial charge < -0.3 is 9.47 Å². The zero-order valence-corrected chi connectivity index (χ0v) is 14.3. The van der Waals surface area contributed by atoms with Gasteiger partial charge in [0, 0.05) is 13.0 Å². The molecule has 1 saturated heterocycles. The molecule has 0 bridgehead atoms. The summed E-state index contributed by atoms with van der Waals surface area (Å²) in [6.07, 6.45) is 1.10. The minimum atomic E-state index is -3.48. The minimum absolute atomic E-state index is 0.00534. The van der Waals surface area contributed by atoms with E-state index in [0.717, 1.165) is 12.0 Å². The highest BCUT2D eigenvalue weighted by molar-refractivity contribution is 7.89. The molecular formula is C16H25NO4S. The lowest BCUT2D eigenvalue weighted by Gasteiger charge is -2.23. The van der Waals surface area contributed by atoms with Crippen molar-refractivity contribution in [2.75, 3.05) is 19.8 Å². The van der Waals surface area contributed by atoms with Crippen LogP contribution in [0.4, 0.5) is 0 Å². The maximum atomic E-state index is 12.2. The van der Waals surface area contributed by atoms with Crippen molar-refractivity contribution >= 4 is 10.0 Å². The molecule has 1 aromatic rings. The van der Waals surface area contributed by atoms with Gasteiger partial charge in [-0.05, 0) is 29.5 Å². The highest BCUT2D eigenvalue weighted by Gasteiger charge is 2.19. The third-order valence-electron chi connectivity index (χ3n) is 3.60. The molecule has 1 heterocycles. The summed E-state index contributed by atoms with van der Waals surface area (Å²) < 4.78 is 37.9. The molecule has 0 amide bonds. The monoisotopic (exact) mass is 327 g/mol. The molecule has 1 aliphatic heterocycles. The van der Waals surface area contributed by atoms with Crippen LogP contribution in [-0.2, 0) is 24.9 Å². The molecule has 1 N–H and O–H groups in total. The van der Waals surface area contributed by atoms with Crippen LogP contribution in [0.25, 0.3) is 0 Å². The van der Waals surface area contributed by atoms with Gasteiger partial charge in [0.05, 0.1) is 18.1 Å². The Kier molecular flexibility index (Phi) is 5.60. The fourth-order valence-electron chi connectivity index (χ4n) is 2.23. The van der Waals surface area contributed by atoms with E-state index in [4.69, 9.17) is 9.47 Å². The zero-order valence-electron chi connectivity index (χ0n) is 13.5. The molecule has 124 valence electrons. The highest BCUT2D eigenvalue weighted by atomic mass is 32.2. The second kappa shape index (κ2) is 7.08. The Morgan fingerprint density at radius 2 is 1.73 bits per heavy atom. The summed E-state index contributed by atoms with van der Waals surface area (Å²) in [5, 5.41) is 0. The van der Waals surface area contributed by atoms with Crippen molar-refractivity contribution < 1.29 is 17.9 Å². The average molecular weight is 327 g/mol. The Bertz CT molecular complexity index is 569. The molecule has 0 unspecified atom stereocenters. The van der Waals surface area contributed by atoms with Crippen molar-refractivity contribution in [2.45, 2.75) is 50.2 Å². The Morgan fingerprint density at radius 3 is 2.27 bits per heavy atom. The molecular weight excluding hydrogens is 302 g/mol. The number of nitrogens with one attached hydrogen (secondary N) is 1. The van der Waals surface area contributed by atoms with Gasteiger partial charge in [0.15, 0.2) is 6.29 Å². The summed E-state index contributed by atoms with van der Waals surface area (Å²) in [5.74, 6) is 0. The van der Waals surface area contributed by atoms with Crippen LogP contribution in [0.5, 0.6) is 0 Å². The number of benzene rings is 1. The van der Waals surface area contributed by atoms with Gasteiger partial charge >= 0.3 is 0 Å².